The van der Waals surface area contributed by atoms with Gasteiger partial charge in [0.15, 0.2) is 17.0 Å². The molecule has 1 amide bonds. The number of anilines is 1. The lowest BCUT2D eigenvalue weighted by Crippen LogP contribution is -2.55. The van der Waals surface area contributed by atoms with Crippen molar-refractivity contribution in [3.8, 4) is 11.5 Å². The second-order valence-corrected chi connectivity index (χ2v) is 9.84. The van der Waals surface area contributed by atoms with Crippen molar-refractivity contribution in [3.05, 3.63) is 99.6 Å². The monoisotopic (exact) mass is 499 g/mol. The minimum absolute atomic E-state index is 0.127. The van der Waals surface area contributed by atoms with E-state index in [9.17, 15) is 14.9 Å². The van der Waals surface area contributed by atoms with Gasteiger partial charge in [-0.1, -0.05) is 54.6 Å². The molecule has 1 N–H and O–H groups in total. The number of carbonyl (C=O) groups is 1. The van der Waals surface area contributed by atoms with Crippen LogP contribution in [0.25, 0.3) is 0 Å². The van der Waals surface area contributed by atoms with Gasteiger partial charge < -0.3 is 14.8 Å². The van der Waals surface area contributed by atoms with E-state index in [2.05, 4.69) is 10.2 Å². The van der Waals surface area contributed by atoms with Crippen molar-refractivity contribution in [2.45, 2.75) is 49.9 Å². The zero-order valence-corrected chi connectivity index (χ0v) is 20.6. The van der Waals surface area contributed by atoms with Gasteiger partial charge in [0.2, 0.25) is 0 Å². The molecule has 3 aromatic carbocycles. The number of nitrogens with one attached hydrogen (secondary N) is 1. The molecule has 8 nitrogen and oxygen atoms in total. The van der Waals surface area contributed by atoms with Crippen LogP contribution in [0.2, 0.25) is 0 Å². The van der Waals surface area contributed by atoms with Gasteiger partial charge in [-0.15, -0.1) is 0 Å². The largest absolute Gasteiger partial charge is 0.490 e. The fraction of sp³-hybridized carbons (Fsp3) is 0.345. The van der Waals surface area contributed by atoms with Gasteiger partial charge in [-0.3, -0.25) is 19.8 Å². The number of hydrogen-bond donors (Lipinski definition) is 1. The Bertz CT molecular complexity index is 1350. The maximum absolute atomic E-state index is 13.6. The molecule has 1 spiro atoms. The maximum atomic E-state index is 13.6. The van der Waals surface area contributed by atoms with E-state index in [1.54, 1.807) is 0 Å². The number of rotatable bonds is 7. The summed E-state index contributed by atoms with van der Waals surface area (Å²) in [4.78, 5) is 28.3. The number of nitro groups is 1. The summed E-state index contributed by atoms with van der Waals surface area (Å²) >= 11 is 0. The first-order valence-corrected chi connectivity index (χ1v) is 12.8. The van der Waals surface area contributed by atoms with Crippen LogP contribution in [0.5, 0.6) is 11.5 Å². The van der Waals surface area contributed by atoms with Crippen LogP contribution in [0.4, 0.5) is 5.69 Å². The Morgan fingerprint density at radius 3 is 2.62 bits per heavy atom. The molecule has 3 aromatic rings. The third-order valence-corrected chi connectivity index (χ3v) is 7.98. The first-order chi connectivity index (χ1) is 18.1. The number of para-hydroxylation sites is 1. The normalized spacial score (nSPS) is 26.1. The van der Waals surface area contributed by atoms with Gasteiger partial charge in [-0.25, -0.2) is 0 Å². The lowest BCUT2D eigenvalue weighted by Gasteiger charge is -2.32. The van der Waals surface area contributed by atoms with Gasteiger partial charge in [-0.2, -0.15) is 0 Å². The van der Waals surface area contributed by atoms with Crippen LogP contribution in [0.3, 0.4) is 0 Å². The summed E-state index contributed by atoms with van der Waals surface area (Å²) in [5.41, 5.74) is 1.85. The maximum Gasteiger partial charge on any atom is 0.256 e. The Balaban J connectivity index is 1.42. The number of nitrogens with zero attached hydrogens (tertiary/aromatic N) is 2. The van der Waals surface area contributed by atoms with Crippen LogP contribution in [-0.2, 0) is 16.9 Å². The quantitative estimate of drug-likeness (QED) is 0.374. The molecule has 4 atom stereocenters. The van der Waals surface area contributed by atoms with E-state index in [0.717, 1.165) is 24.0 Å². The van der Waals surface area contributed by atoms with Crippen molar-refractivity contribution in [1.82, 2.24) is 4.90 Å². The zero-order chi connectivity index (χ0) is 25.6. The van der Waals surface area contributed by atoms with E-state index in [-0.39, 0.29) is 16.9 Å². The lowest BCUT2D eigenvalue weighted by atomic mass is 9.77. The average molecular weight is 500 g/mol. The van der Waals surface area contributed by atoms with E-state index < -0.39 is 17.5 Å². The van der Waals surface area contributed by atoms with Crippen molar-refractivity contribution in [1.29, 1.82) is 0 Å². The Hall–Kier alpha value is -3.91. The molecular weight excluding hydrogens is 470 g/mol. The fourth-order valence-electron chi connectivity index (χ4n) is 6.63. The summed E-state index contributed by atoms with van der Waals surface area (Å²) in [5.74, 6) is 0.362. The van der Waals surface area contributed by atoms with Crippen molar-refractivity contribution >= 4 is 11.6 Å². The summed E-state index contributed by atoms with van der Waals surface area (Å²) in [6.07, 6.45) is 1.68. The molecule has 3 aliphatic rings. The molecule has 0 unspecified atom stereocenters. The molecule has 0 radical (unpaired) electrons. The van der Waals surface area contributed by atoms with Crippen LogP contribution < -0.4 is 14.8 Å². The number of hydrogen-bond acceptors (Lipinski definition) is 6. The Morgan fingerprint density at radius 2 is 1.84 bits per heavy atom. The molecule has 0 aromatic heterocycles. The lowest BCUT2D eigenvalue weighted by molar-refractivity contribution is -0.534. The van der Waals surface area contributed by atoms with Crippen LogP contribution in [0.15, 0.2) is 72.8 Å². The molecule has 0 bridgehead atoms. The molecule has 190 valence electrons. The third kappa shape index (κ3) is 3.58. The SMILES string of the molecule is CCOc1cc([C@@H]2[C@@H]3CCCN3[C@@]3(C(=O)Nc4ccccc43)[C@@H]2[N+](=O)[O-])ccc1OCc1ccccc1. The third-order valence-electron chi connectivity index (χ3n) is 7.98. The molecule has 2 fully saturated rings. The zero-order valence-electron chi connectivity index (χ0n) is 20.6. The van der Waals surface area contributed by atoms with Crippen LogP contribution in [0.1, 0.15) is 42.4 Å². The van der Waals surface area contributed by atoms with E-state index in [1.165, 1.54) is 0 Å². The molecule has 2 saturated heterocycles. The first kappa shape index (κ1) is 23.5. The summed E-state index contributed by atoms with van der Waals surface area (Å²) < 4.78 is 12.0. The predicted molar refractivity (Wildman–Crippen MR) is 138 cm³/mol. The second kappa shape index (κ2) is 9.19. The molecule has 3 aliphatic heterocycles. The van der Waals surface area contributed by atoms with Crippen LogP contribution in [-0.4, -0.2) is 41.0 Å². The van der Waals surface area contributed by atoms with E-state index in [4.69, 9.17) is 9.47 Å². The van der Waals surface area contributed by atoms with Gasteiger partial charge >= 0.3 is 0 Å². The number of fused-ring (bicyclic) bond motifs is 4. The smallest absolute Gasteiger partial charge is 0.256 e. The predicted octanol–water partition coefficient (Wildman–Crippen LogP) is 4.72. The molecule has 0 saturated carbocycles. The highest BCUT2D eigenvalue weighted by Gasteiger charge is 2.73. The van der Waals surface area contributed by atoms with Crippen molar-refractivity contribution in [2.75, 3.05) is 18.5 Å². The highest BCUT2D eigenvalue weighted by Crippen LogP contribution is 2.58. The molecular formula is C29H29N3O5. The van der Waals surface area contributed by atoms with Gasteiger partial charge in [0, 0.05) is 28.8 Å². The van der Waals surface area contributed by atoms with Gasteiger partial charge in [0.05, 0.1) is 12.5 Å². The van der Waals surface area contributed by atoms with Crippen molar-refractivity contribution < 1.29 is 19.2 Å². The standard InChI is InChI=1S/C29H29N3O5/c1-2-36-25-17-20(14-15-24(25)37-18-19-9-4-3-5-10-19)26-23-13-8-16-31(23)29(27(26)32(34)35)21-11-6-7-12-22(21)30-28(29)33/h3-7,9-12,14-15,17,23,26-27H,2,8,13,16,18H2,1H3,(H,30,33)/t23-,26+,27+,29+/m0/s1. The minimum atomic E-state index is -1.33. The molecule has 8 heteroatoms. The number of benzene rings is 3. The van der Waals surface area contributed by atoms with Gasteiger partial charge in [-0.05, 0) is 49.1 Å². The molecule has 37 heavy (non-hydrogen) atoms. The van der Waals surface area contributed by atoms with Crippen LogP contribution >= 0.6 is 0 Å². The number of amides is 1. The van der Waals surface area contributed by atoms with Gasteiger partial charge in [0.25, 0.3) is 11.9 Å². The summed E-state index contributed by atoms with van der Waals surface area (Å²) in [5, 5.41) is 15.8. The fourth-order valence-corrected chi connectivity index (χ4v) is 6.63. The highest BCUT2D eigenvalue weighted by molar-refractivity contribution is 6.07. The summed E-state index contributed by atoms with van der Waals surface area (Å²) in [7, 11) is 0. The van der Waals surface area contributed by atoms with E-state index in [0.29, 0.717) is 42.5 Å². The second-order valence-electron chi connectivity index (χ2n) is 9.84. The average Bonchev–Trinajstić information content (AvgIpc) is 3.57. The topological polar surface area (TPSA) is 93.9 Å². The number of ether oxygens (including phenoxy) is 2. The Labute approximate surface area is 215 Å². The van der Waals surface area contributed by atoms with E-state index >= 15 is 0 Å². The first-order valence-electron chi connectivity index (χ1n) is 12.8. The van der Waals surface area contributed by atoms with Crippen molar-refractivity contribution in [3.63, 3.8) is 0 Å². The Morgan fingerprint density at radius 1 is 1.05 bits per heavy atom. The van der Waals surface area contributed by atoms with Crippen molar-refractivity contribution in [2.24, 2.45) is 0 Å². The highest BCUT2D eigenvalue weighted by atomic mass is 16.6. The molecule has 3 heterocycles. The van der Waals surface area contributed by atoms with Crippen LogP contribution in [0, 0.1) is 10.1 Å². The summed E-state index contributed by atoms with van der Waals surface area (Å²) in [6, 6.07) is 21.6. The Kier molecular flexibility index (Phi) is 5.83. The molecule has 0 aliphatic carbocycles. The number of carbonyl (C=O) groups excluding carboxylic acids is 1. The van der Waals surface area contributed by atoms with E-state index in [1.807, 2.05) is 79.7 Å². The molecule has 6 rings (SSSR count). The summed E-state index contributed by atoms with van der Waals surface area (Å²) in [6.45, 7) is 3.36. The minimum Gasteiger partial charge on any atom is -0.490 e. The van der Waals surface area contributed by atoms with Gasteiger partial charge in [0.1, 0.15) is 6.61 Å².